The zero-order valence-corrected chi connectivity index (χ0v) is 14.8. The van der Waals surface area contributed by atoms with E-state index < -0.39 is 5.91 Å². The van der Waals surface area contributed by atoms with Crippen LogP contribution in [-0.4, -0.2) is 10.5 Å². The molecule has 130 valence electrons. The molecule has 4 nitrogen and oxygen atoms in total. The highest BCUT2D eigenvalue weighted by atomic mass is 16.1. The first-order chi connectivity index (χ1) is 12.6. The topological polar surface area (TPSA) is 71.8 Å². The Morgan fingerprint density at radius 3 is 2.42 bits per heavy atom. The highest BCUT2D eigenvalue weighted by molar-refractivity contribution is 5.95. The van der Waals surface area contributed by atoms with Crippen molar-refractivity contribution >= 4 is 5.91 Å². The molecule has 0 aliphatic rings. The predicted octanol–water partition coefficient (Wildman–Crippen LogP) is 4.07. The van der Waals surface area contributed by atoms with Crippen molar-refractivity contribution < 1.29 is 4.79 Å². The molecule has 0 unspecified atom stereocenters. The van der Waals surface area contributed by atoms with Crippen molar-refractivity contribution in [2.75, 3.05) is 0 Å². The van der Waals surface area contributed by atoms with Crippen molar-refractivity contribution in [2.24, 2.45) is 5.73 Å². The molecule has 0 aliphatic heterocycles. The van der Waals surface area contributed by atoms with E-state index in [0.29, 0.717) is 11.1 Å². The highest BCUT2D eigenvalue weighted by Gasteiger charge is 2.16. The minimum absolute atomic E-state index is 0.417. The lowest BCUT2D eigenvalue weighted by atomic mass is 10.1. The lowest BCUT2D eigenvalue weighted by molar-refractivity contribution is 0.0999. The monoisotopic (exact) mass is 343 g/mol. The summed E-state index contributed by atoms with van der Waals surface area (Å²) in [4.78, 5) is 11.8. The number of carbonyl (C=O) groups excluding carboxylic acids is 1. The number of aryl methyl sites for hydroxylation is 1. The van der Waals surface area contributed by atoms with Gasteiger partial charge in [0.25, 0.3) is 5.91 Å². The lowest BCUT2D eigenvalue weighted by Gasteiger charge is -2.12. The number of nitrogens with zero attached hydrogens (tertiary/aromatic N) is 2. The van der Waals surface area contributed by atoms with Crippen LogP contribution >= 0.6 is 0 Å². The standard InChI is InChI=1S/C22H21N3O/c1-16-20(22(24)26)14-21(19-11-9-18(15-23)10-12-19)25(16)13-5-8-17-6-3-2-4-7-17/h2-4,6-7,9-12,14H,5,8,13H2,1H3,(H2,24,26). The summed E-state index contributed by atoms with van der Waals surface area (Å²) < 4.78 is 2.14. The number of primary amides is 1. The van der Waals surface area contributed by atoms with E-state index in [1.54, 1.807) is 12.1 Å². The van der Waals surface area contributed by atoms with E-state index in [1.807, 2.05) is 43.3 Å². The normalized spacial score (nSPS) is 10.5. The number of amides is 1. The van der Waals surface area contributed by atoms with Crippen LogP contribution in [0.15, 0.2) is 60.7 Å². The summed E-state index contributed by atoms with van der Waals surface area (Å²) in [6.45, 7) is 2.72. The summed E-state index contributed by atoms with van der Waals surface area (Å²) in [6.07, 6.45) is 1.93. The molecule has 2 aromatic carbocycles. The van der Waals surface area contributed by atoms with E-state index in [2.05, 4.69) is 22.8 Å². The molecule has 1 heterocycles. The molecule has 26 heavy (non-hydrogen) atoms. The number of aromatic nitrogens is 1. The average molecular weight is 343 g/mol. The van der Waals surface area contributed by atoms with E-state index in [9.17, 15) is 4.79 Å². The molecule has 2 N–H and O–H groups in total. The van der Waals surface area contributed by atoms with Gasteiger partial charge in [-0.1, -0.05) is 42.5 Å². The Kier molecular flexibility index (Phi) is 5.19. The van der Waals surface area contributed by atoms with Gasteiger partial charge in [-0.2, -0.15) is 5.26 Å². The van der Waals surface area contributed by atoms with Crippen LogP contribution < -0.4 is 5.73 Å². The van der Waals surface area contributed by atoms with Crippen molar-refractivity contribution in [3.63, 3.8) is 0 Å². The molecule has 0 saturated carbocycles. The number of carbonyl (C=O) groups is 1. The first kappa shape index (κ1) is 17.5. The van der Waals surface area contributed by atoms with Crippen LogP contribution in [0.2, 0.25) is 0 Å². The van der Waals surface area contributed by atoms with Gasteiger partial charge in [-0.3, -0.25) is 4.79 Å². The van der Waals surface area contributed by atoms with E-state index in [-0.39, 0.29) is 0 Å². The molecule has 0 spiro atoms. The minimum Gasteiger partial charge on any atom is -0.366 e. The second-order valence-electron chi connectivity index (χ2n) is 6.32. The Hall–Kier alpha value is -3.32. The minimum atomic E-state index is -0.417. The average Bonchev–Trinajstić information content (AvgIpc) is 3.00. The van der Waals surface area contributed by atoms with Gasteiger partial charge in [-0.05, 0) is 49.1 Å². The number of rotatable bonds is 6. The summed E-state index contributed by atoms with van der Waals surface area (Å²) in [5, 5.41) is 8.98. The summed E-state index contributed by atoms with van der Waals surface area (Å²) in [5.74, 6) is -0.417. The fourth-order valence-corrected chi connectivity index (χ4v) is 3.22. The first-order valence-electron chi connectivity index (χ1n) is 8.64. The third kappa shape index (κ3) is 3.68. The Balaban J connectivity index is 1.89. The largest absolute Gasteiger partial charge is 0.366 e. The van der Waals surface area contributed by atoms with E-state index in [4.69, 9.17) is 11.0 Å². The van der Waals surface area contributed by atoms with E-state index in [0.717, 1.165) is 36.3 Å². The molecule has 0 fully saturated rings. The zero-order chi connectivity index (χ0) is 18.5. The SMILES string of the molecule is Cc1c(C(N)=O)cc(-c2ccc(C#N)cc2)n1CCCc1ccccc1. The molecule has 1 amide bonds. The molecule has 0 radical (unpaired) electrons. The highest BCUT2D eigenvalue weighted by Crippen LogP contribution is 2.27. The number of nitriles is 1. The van der Waals surface area contributed by atoms with Crippen LogP contribution in [0.4, 0.5) is 0 Å². The molecule has 0 atom stereocenters. The second kappa shape index (κ2) is 7.71. The van der Waals surface area contributed by atoms with Gasteiger partial charge in [-0.15, -0.1) is 0 Å². The van der Waals surface area contributed by atoms with E-state index >= 15 is 0 Å². The number of nitrogens with two attached hydrogens (primary N) is 1. The molecular weight excluding hydrogens is 322 g/mol. The number of hydrogen-bond acceptors (Lipinski definition) is 2. The predicted molar refractivity (Wildman–Crippen MR) is 103 cm³/mol. The van der Waals surface area contributed by atoms with E-state index in [1.165, 1.54) is 5.56 Å². The number of benzene rings is 2. The van der Waals surface area contributed by atoms with Crippen LogP contribution in [0, 0.1) is 18.3 Å². The molecule has 1 aromatic heterocycles. The smallest absolute Gasteiger partial charge is 0.250 e. The van der Waals surface area contributed by atoms with Crippen molar-refractivity contribution in [1.29, 1.82) is 5.26 Å². The third-order valence-corrected chi connectivity index (χ3v) is 4.63. The van der Waals surface area contributed by atoms with Crippen molar-refractivity contribution in [2.45, 2.75) is 26.3 Å². The fraction of sp³-hybridized carbons (Fsp3) is 0.182. The molecule has 0 bridgehead atoms. The molecule has 0 saturated heterocycles. The van der Waals surface area contributed by atoms with Crippen LogP contribution in [0.1, 0.15) is 33.6 Å². The van der Waals surface area contributed by atoms with Crippen LogP contribution in [0.25, 0.3) is 11.3 Å². The summed E-state index contributed by atoms with van der Waals surface area (Å²) >= 11 is 0. The van der Waals surface area contributed by atoms with Gasteiger partial charge in [0.15, 0.2) is 0 Å². The Labute approximate surface area is 153 Å². The van der Waals surface area contributed by atoms with Crippen LogP contribution in [0.3, 0.4) is 0 Å². The Morgan fingerprint density at radius 1 is 1.12 bits per heavy atom. The quantitative estimate of drug-likeness (QED) is 0.733. The Morgan fingerprint density at radius 2 is 1.81 bits per heavy atom. The van der Waals surface area contributed by atoms with Gasteiger partial charge in [0, 0.05) is 17.9 Å². The lowest BCUT2D eigenvalue weighted by Crippen LogP contribution is -2.12. The fourth-order valence-electron chi connectivity index (χ4n) is 3.22. The maximum absolute atomic E-state index is 11.8. The maximum Gasteiger partial charge on any atom is 0.250 e. The maximum atomic E-state index is 11.8. The summed E-state index contributed by atoms with van der Waals surface area (Å²) in [7, 11) is 0. The van der Waals surface area contributed by atoms with Crippen molar-refractivity contribution in [3.8, 4) is 17.3 Å². The summed E-state index contributed by atoms with van der Waals surface area (Å²) in [5.41, 5.74) is 10.8. The van der Waals surface area contributed by atoms with Gasteiger partial charge in [0.1, 0.15) is 0 Å². The van der Waals surface area contributed by atoms with Crippen LogP contribution in [0.5, 0.6) is 0 Å². The Bertz CT molecular complexity index is 948. The second-order valence-corrected chi connectivity index (χ2v) is 6.32. The molecular formula is C22H21N3O. The number of hydrogen-bond donors (Lipinski definition) is 1. The van der Waals surface area contributed by atoms with Crippen molar-refractivity contribution in [1.82, 2.24) is 4.57 Å². The van der Waals surface area contributed by atoms with Gasteiger partial charge in [0.2, 0.25) is 0 Å². The van der Waals surface area contributed by atoms with Gasteiger partial charge in [0.05, 0.1) is 17.2 Å². The first-order valence-corrected chi connectivity index (χ1v) is 8.64. The molecule has 3 aromatic rings. The zero-order valence-electron chi connectivity index (χ0n) is 14.8. The van der Waals surface area contributed by atoms with Gasteiger partial charge >= 0.3 is 0 Å². The van der Waals surface area contributed by atoms with Crippen molar-refractivity contribution in [3.05, 3.63) is 83.0 Å². The van der Waals surface area contributed by atoms with Gasteiger partial charge < -0.3 is 10.3 Å². The molecule has 3 rings (SSSR count). The summed E-state index contributed by atoms with van der Waals surface area (Å²) in [6, 6.07) is 21.7. The molecule has 4 heteroatoms. The van der Waals surface area contributed by atoms with Crippen LogP contribution in [-0.2, 0) is 13.0 Å². The van der Waals surface area contributed by atoms with Gasteiger partial charge in [-0.25, -0.2) is 0 Å². The molecule has 0 aliphatic carbocycles. The third-order valence-electron chi connectivity index (χ3n) is 4.63.